The number of carbonyl (C=O) groups is 2. The monoisotopic (exact) mass is 557 g/mol. The number of hydrogen-bond donors (Lipinski definition) is 2. The normalized spacial score (nSPS) is 17.1. The van der Waals surface area contributed by atoms with E-state index in [2.05, 4.69) is 36.3 Å². The smallest absolute Gasteiger partial charge is 0.475 e. The van der Waals surface area contributed by atoms with E-state index >= 15 is 0 Å². The Kier molecular flexibility index (Phi) is 11.2. The van der Waals surface area contributed by atoms with Crippen molar-refractivity contribution >= 4 is 17.9 Å². The van der Waals surface area contributed by atoms with E-state index in [0.717, 1.165) is 70.4 Å². The summed E-state index contributed by atoms with van der Waals surface area (Å²) >= 11 is 0. The van der Waals surface area contributed by atoms with Crippen LogP contribution in [-0.2, 0) is 20.9 Å². The molecule has 0 amide bonds. The number of nitrogens with zero attached hydrogens (tertiary/aromatic N) is 7. The Morgan fingerprint density at radius 1 is 0.921 bits per heavy atom. The Balaban J connectivity index is 0.000000301. The van der Waals surface area contributed by atoms with Crippen LogP contribution in [0.3, 0.4) is 0 Å². The standard InChI is InChI=1S/C16H23N7O.2C2HF3O2/c1-4-17-16(18-5-1)22-6-2-15(3-7-22)23-13-14(19-20-23)12-21-8-10-24-11-9-21;2*3-2(4,5)1(6)7/h1,4-5,13,15H,2-3,6-12H2;2*(H,6,7). The van der Waals surface area contributed by atoms with Gasteiger partial charge in [-0.2, -0.15) is 26.3 Å². The predicted molar refractivity (Wildman–Crippen MR) is 116 cm³/mol. The van der Waals surface area contributed by atoms with Crippen molar-refractivity contribution in [2.75, 3.05) is 44.3 Å². The first kappa shape index (κ1) is 30.7. The fraction of sp³-hybridized carbons (Fsp3) is 0.600. The van der Waals surface area contributed by atoms with Crippen LogP contribution in [0.25, 0.3) is 0 Å². The maximum Gasteiger partial charge on any atom is 0.490 e. The zero-order chi connectivity index (χ0) is 28.3. The molecule has 0 aromatic carbocycles. The number of ether oxygens (including phenoxy) is 1. The summed E-state index contributed by atoms with van der Waals surface area (Å²) in [5.74, 6) is -4.69. The Morgan fingerprint density at radius 3 is 1.89 bits per heavy atom. The molecule has 2 aromatic heterocycles. The molecule has 0 radical (unpaired) electrons. The highest BCUT2D eigenvalue weighted by molar-refractivity contribution is 5.73. The maximum absolute atomic E-state index is 10.6. The van der Waals surface area contributed by atoms with E-state index in [1.807, 2.05) is 10.7 Å². The number of aliphatic carboxylic acids is 2. The third-order valence-corrected chi connectivity index (χ3v) is 5.21. The summed E-state index contributed by atoms with van der Waals surface area (Å²) < 4.78 is 70.9. The van der Waals surface area contributed by atoms with Gasteiger partial charge in [0.1, 0.15) is 0 Å². The van der Waals surface area contributed by atoms with Gasteiger partial charge in [-0.15, -0.1) is 5.10 Å². The van der Waals surface area contributed by atoms with Gasteiger partial charge in [-0.3, -0.25) is 4.90 Å². The minimum absolute atomic E-state index is 0.413. The summed E-state index contributed by atoms with van der Waals surface area (Å²) in [6.45, 7) is 6.34. The summed E-state index contributed by atoms with van der Waals surface area (Å²) in [5, 5.41) is 23.0. The molecular weight excluding hydrogens is 532 g/mol. The molecule has 0 spiro atoms. The van der Waals surface area contributed by atoms with Crippen molar-refractivity contribution in [2.45, 2.75) is 37.8 Å². The number of piperidine rings is 1. The number of aromatic nitrogens is 5. The van der Waals surface area contributed by atoms with E-state index in [1.54, 1.807) is 12.4 Å². The van der Waals surface area contributed by atoms with Crippen LogP contribution in [0, 0.1) is 0 Å². The molecule has 0 unspecified atom stereocenters. The lowest BCUT2D eigenvalue weighted by molar-refractivity contribution is -0.193. The second-order valence-corrected chi connectivity index (χ2v) is 7.95. The van der Waals surface area contributed by atoms with Gasteiger partial charge in [-0.25, -0.2) is 24.2 Å². The zero-order valence-corrected chi connectivity index (χ0v) is 19.8. The molecule has 12 nitrogen and oxygen atoms in total. The van der Waals surface area contributed by atoms with Gasteiger partial charge >= 0.3 is 24.3 Å². The molecule has 2 aliphatic rings. The minimum atomic E-state index is -5.08. The van der Waals surface area contributed by atoms with Gasteiger partial charge < -0.3 is 19.8 Å². The molecule has 0 saturated carbocycles. The molecule has 4 rings (SSSR count). The molecule has 18 heteroatoms. The lowest BCUT2D eigenvalue weighted by Gasteiger charge is -2.31. The predicted octanol–water partition coefficient (Wildman–Crippen LogP) is 2.01. The average molecular weight is 557 g/mol. The van der Waals surface area contributed by atoms with Crippen LogP contribution in [-0.4, -0.2) is 104 Å². The summed E-state index contributed by atoms with van der Waals surface area (Å²) in [4.78, 5) is 31.1. The van der Waals surface area contributed by atoms with Gasteiger partial charge in [0.15, 0.2) is 0 Å². The van der Waals surface area contributed by atoms with E-state index in [0.29, 0.717) is 6.04 Å². The van der Waals surface area contributed by atoms with Crippen LogP contribution >= 0.6 is 0 Å². The van der Waals surface area contributed by atoms with Crippen molar-refractivity contribution in [1.29, 1.82) is 0 Å². The summed E-state index contributed by atoms with van der Waals surface area (Å²) in [6.07, 6.45) is -2.39. The van der Waals surface area contributed by atoms with Gasteiger partial charge in [0.25, 0.3) is 0 Å². The average Bonchev–Trinajstić information content (AvgIpc) is 3.33. The quantitative estimate of drug-likeness (QED) is 0.532. The zero-order valence-electron chi connectivity index (χ0n) is 19.8. The summed E-state index contributed by atoms with van der Waals surface area (Å²) in [7, 11) is 0. The van der Waals surface area contributed by atoms with E-state index < -0.39 is 24.3 Å². The molecular formula is C20H25F6N7O5. The van der Waals surface area contributed by atoms with Gasteiger partial charge in [0.2, 0.25) is 5.95 Å². The molecule has 2 fully saturated rings. The van der Waals surface area contributed by atoms with Gasteiger partial charge in [0.05, 0.1) is 31.1 Å². The Morgan fingerprint density at radius 2 is 1.42 bits per heavy atom. The SMILES string of the molecule is O=C(O)C(F)(F)F.O=C(O)C(F)(F)F.c1cnc(N2CCC(n3cc(CN4CCOCC4)nn3)CC2)nc1. The fourth-order valence-corrected chi connectivity index (χ4v) is 3.34. The highest BCUT2D eigenvalue weighted by atomic mass is 19.4. The maximum atomic E-state index is 10.6. The Bertz CT molecular complexity index is 984. The second-order valence-electron chi connectivity index (χ2n) is 7.95. The molecule has 0 atom stereocenters. The van der Waals surface area contributed by atoms with Crippen LogP contribution in [0.2, 0.25) is 0 Å². The third-order valence-electron chi connectivity index (χ3n) is 5.21. The Hall–Kier alpha value is -3.54. The van der Waals surface area contributed by atoms with Crippen molar-refractivity contribution in [3.05, 3.63) is 30.4 Å². The lowest BCUT2D eigenvalue weighted by Crippen LogP contribution is -2.36. The molecule has 2 aliphatic heterocycles. The van der Waals surface area contributed by atoms with E-state index in [9.17, 15) is 26.3 Å². The molecule has 2 saturated heterocycles. The van der Waals surface area contributed by atoms with Crippen LogP contribution in [0.15, 0.2) is 24.7 Å². The van der Waals surface area contributed by atoms with Crippen molar-refractivity contribution in [2.24, 2.45) is 0 Å². The van der Waals surface area contributed by atoms with Crippen LogP contribution in [0.4, 0.5) is 32.3 Å². The van der Waals surface area contributed by atoms with Gasteiger partial charge in [-0.1, -0.05) is 5.21 Å². The Labute approximate surface area is 211 Å². The first-order valence-corrected chi connectivity index (χ1v) is 11.1. The molecule has 212 valence electrons. The molecule has 38 heavy (non-hydrogen) atoms. The van der Waals surface area contributed by atoms with Crippen molar-refractivity contribution in [1.82, 2.24) is 29.9 Å². The number of carboxylic acid groups (broad SMARTS) is 2. The third kappa shape index (κ3) is 10.4. The number of hydrogen-bond acceptors (Lipinski definition) is 9. The topological polar surface area (TPSA) is 147 Å². The minimum Gasteiger partial charge on any atom is -0.475 e. The fourth-order valence-electron chi connectivity index (χ4n) is 3.34. The van der Waals surface area contributed by atoms with Crippen LogP contribution in [0.1, 0.15) is 24.6 Å². The number of halogens is 6. The molecule has 2 N–H and O–H groups in total. The summed E-state index contributed by atoms with van der Waals surface area (Å²) in [5.41, 5.74) is 1.05. The number of carboxylic acids is 2. The van der Waals surface area contributed by atoms with Crippen LogP contribution < -0.4 is 4.90 Å². The largest absolute Gasteiger partial charge is 0.490 e. The summed E-state index contributed by atoms with van der Waals surface area (Å²) in [6, 6.07) is 2.26. The molecule has 2 aromatic rings. The van der Waals surface area contributed by atoms with E-state index in [1.165, 1.54) is 0 Å². The molecule has 0 bridgehead atoms. The van der Waals surface area contributed by atoms with Crippen molar-refractivity contribution in [3.63, 3.8) is 0 Å². The number of rotatable bonds is 4. The van der Waals surface area contributed by atoms with E-state index in [4.69, 9.17) is 24.5 Å². The van der Waals surface area contributed by atoms with Crippen molar-refractivity contribution in [3.8, 4) is 0 Å². The number of morpholine rings is 1. The first-order valence-electron chi connectivity index (χ1n) is 11.1. The van der Waals surface area contributed by atoms with Crippen LogP contribution in [0.5, 0.6) is 0 Å². The van der Waals surface area contributed by atoms with E-state index in [-0.39, 0.29) is 0 Å². The second kappa shape index (κ2) is 13.8. The first-order chi connectivity index (χ1) is 17.8. The highest BCUT2D eigenvalue weighted by Gasteiger charge is 2.38. The molecule has 0 aliphatic carbocycles. The number of anilines is 1. The molecule has 4 heterocycles. The lowest BCUT2D eigenvalue weighted by atomic mass is 10.1. The van der Waals surface area contributed by atoms with Gasteiger partial charge in [-0.05, 0) is 18.9 Å². The number of alkyl halides is 6. The highest BCUT2D eigenvalue weighted by Crippen LogP contribution is 2.24. The van der Waals surface area contributed by atoms with Crippen molar-refractivity contribution < 1.29 is 50.9 Å². The van der Waals surface area contributed by atoms with Gasteiger partial charge in [0, 0.05) is 45.1 Å².